The van der Waals surface area contributed by atoms with Crippen molar-refractivity contribution in [2.24, 2.45) is 10.8 Å². The Morgan fingerprint density at radius 1 is 1.41 bits per heavy atom. The highest BCUT2D eigenvalue weighted by atomic mass is 16.1. The topological polar surface area (TPSA) is 137 Å². The number of nitrogens with two attached hydrogens (primary N) is 1. The minimum absolute atomic E-state index is 0.260. The van der Waals surface area contributed by atoms with E-state index in [0.717, 1.165) is 11.1 Å². The fraction of sp³-hybridized carbons (Fsp3) is 0.0714. The first-order valence-electron chi connectivity index (χ1n) is 6.21. The van der Waals surface area contributed by atoms with E-state index in [-0.39, 0.29) is 5.56 Å². The second kappa shape index (κ2) is 6.32. The molecule has 0 atom stereocenters. The molecule has 1 heterocycles. The van der Waals surface area contributed by atoms with Crippen molar-refractivity contribution in [3.05, 3.63) is 46.2 Å². The van der Waals surface area contributed by atoms with Gasteiger partial charge in [0.15, 0.2) is 0 Å². The molecule has 0 saturated carbocycles. The van der Waals surface area contributed by atoms with Crippen molar-refractivity contribution >= 4 is 17.3 Å². The number of rotatable bonds is 4. The first-order chi connectivity index (χ1) is 10.5. The van der Waals surface area contributed by atoms with Crippen molar-refractivity contribution < 1.29 is 4.79 Å². The minimum atomic E-state index is -0.903. The summed E-state index contributed by atoms with van der Waals surface area (Å²) in [5.74, 6) is -0.903. The number of hydrogen-bond acceptors (Lipinski definition) is 6. The van der Waals surface area contributed by atoms with Gasteiger partial charge in [-0.2, -0.15) is 15.5 Å². The molecular formula is C14H12N6O2. The van der Waals surface area contributed by atoms with Gasteiger partial charge in [0.2, 0.25) is 5.71 Å². The SMILES string of the molecule is Cc1cc(=O)[nH]nc1-c1ccc(N/N=C(/C#N)C(N)=O)cc1. The Labute approximate surface area is 125 Å². The summed E-state index contributed by atoms with van der Waals surface area (Å²) in [5, 5.41) is 18.7. The number of aromatic amines is 1. The van der Waals surface area contributed by atoms with Crippen molar-refractivity contribution in [1.82, 2.24) is 10.2 Å². The molecule has 1 amide bonds. The molecule has 1 aromatic heterocycles. The second-order valence-corrected chi connectivity index (χ2v) is 4.39. The lowest BCUT2D eigenvalue weighted by Gasteiger charge is -2.05. The molecule has 110 valence electrons. The maximum Gasteiger partial charge on any atom is 0.280 e. The predicted molar refractivity (Wildman–Crippen MR) is 80.9 cm³/mol. The number of amides is 1. The quantitative estimate of drug-likeness (QED) is 0.558. The lowest BCUT2D eigenvalue weighted by Crippen LogP contribution is -2.22. The normalized spacial score (nSPS) is 10.8. The van der Waals surface area contributed by atoms with Crippen LogP contribution < -0.4 is 16.7 Å². The zero-order chi connectivity index (χ0) is 16.1. The molecule has 0 radical (unpaired) electrons. The molecule has 0 spiro atoms. The maximum absolute atomic E-state index is 11.2. The van der Waals surface area contributed by atoms with E-state index < -0.39 is 11.6 Å². The van der Waals surface area contributed by atoms with Crippen molar-refractivity contribution in [3.63, 3.8) is 0 Å². The Kier molecular flexibility index (Phi) is 4.29. The number of nitrogens with zero attached hydrogens (tertiary/aromatic N) is 3. The van der Waals surface area contributed by atoms with Gasteiger partial charge in [-0.25, -0.2) is 5.10 Å². The fourth-order valence-corrected chi connectivity index (χ4v) is 1.75. The zero-order valence-electron chi connectivity index (χ0n) is 11.6. The molecule has 4 N–H and O–H groups in total. The number of hydrogen-bond donors (Lipinski definition) is 3. The number of hydrazone groups is 1. The summed E-state index contributed by atoms with van der Waals surface area (Å²) in [6, 6.07) is 9.98. The standard InChI is InChI=1S/C14H12N6O2/c1-8-6-12(21)19-20-13(8)9-2-4-10(5-3-9)17-18-11(7-15)14(16)22/h2-6,17H,1H3,(H2,16,22)(H,19,21)/b18-11-. The van der Waals surface area contributed by atoms with Crippen LogP contribution in [0.15, 0.2) is 40.2 Å². The lowest BCUT2D eigenvalue weighted by molar-refractivity contribution is -0.111. The molecule has 0 bridgehead atoms. The first-order valence-corrected chi connectivity index (χ1v) is 6.21. The largest absolute Gasteiger partial charge is 0.364 e. The lowest BCUT2D eigenvalue weighted by atomic mass is 10.1. The van der Waals surface area contributed by atoms with Gasteiger partial charge in [0.1, 0.15) is 6.07 Å². The van der Waals surface area contributed by atoms with Gasteiger partial charge in [-0.3, -0.25) is 15.0 Å². The summed E-state index contributed by atoms with van der Waals surface area (Å²) < 4.78 is 0. The number of nitriles is 1. The maximum atomic E-state index is 11.2. The van der Waals surface area contributed by atoms with Crippen LogP contribution in [0.3, 0.4) is 0 Å². The van der Waals surface area contributed by atoms with Crippen LogP contribution in [-0.2, 0) is 4.79 Å². The van der Waals surface area contributed by atoms with Crippen LogP contribution in [0, 0.1) is 18.3 Å². The average molecular weight is 296 g/mol. The van der Waals surface area contributed by atoms with Crippen LogP contribution in [0.2, 0.25) is 0 Å². The predicted octanol–water partition coefficient (Wildman–Crippen LogP) is 0.522. The summed E-state index contributed by atoms with van der Waals surface area (Å²) in [5.41, 5.74) is 9.65. The smallest absolute Gasteiger partial charge is 0.280 e. The van der Waals surface area contributed by atoms with Gasteiger partial charge in [0, 0.05) is 11.6 Å². The van der Waals surface area contributed by atoms with Crippen LogP contribution in [0.4, 0.5) is 5.69 Å². The number of benzene rings is 1. The van der Waals surface area contributed by atoms with E-state index in [1.54, 1.807) is 37.3 Å². The molecule has 0 unspecified atom stereocenters. The molecular weight excluding hydrogens is 284 g/mol. The number of primary amides is 1. The molecule has 8 heteroatoms. The number of carbonyl (C=O) groups excluding carboxylic acids is 1. The summed E-state index contributed by atoms with van der Waals surface area (Å²) >= 11 is 0. The highest BCUT2D eigenvalue weighted by molar-refractivity contribution is 6.44. The highest BCUT2D eigenvalue weighted by Gasteiger charge is 2.06. The minimum Gasteiger partial charge on any atom is -0.364 e. The van der Waals surface area contributed by atoms with E-state index in [9.17, 15) is 9.59 Å². The van der Waals surface area contributed by atoms with Crippen molar-refractivity contribution in [2.45, 2.75) is 6.92 Å². The van der Waals surface area contributed by atoms with Crippen molar-refractivity contribution in [2.75, 3.05) is 5.43 Å². The molecule has 0 fully saturated rings. The summed E-state index contributed by atoms with van der Waals surface area (Å²) in [4.78, 5) is 22.0. The fourth-order valence-electron chi connectivity index (χ4n) is 1.75. The number of carbonyl (C=O) groups is 1. The summed E-state index contributed by atoms with van der Waals surface area (Å²) in [6.45, 7) is 1.79. The van der Waals surface area contributed by atoms with E-state index in [1.807, 2.05) is 0 Å². The van der Waals surface area contributed by atoms with E-state index in [1.165, 1.54) is 6.07 Å². The third-order valence-corrected chi connectivity index (χ3v) is 2.79. The molecule has 0 saturated heterocycles. The molecule has 0 aliphatic rings. The zero-order valence-corrected chi connectivity index (χ0v) is 11.6. The van der Waals surface area contributed by atoms with Crippen LogP contribution >= 0.6 is 0 Å². The Hall–Kier alpha value is -3.47. The molecule has 22 heavy (non-hydrogen) atoms. The number of anilines is 1. The summed E-state index contributed by atoms with van der Waals surface area (Å²) in [7, 11) is 0. The Morgan fingerprint density at radius 3 is 2.64 bits per heavy atom. The molecule has 0 aliphatic heterocycles. The van der Waals surface area contributed by atoms with E-state index in [4.69, 9.17) is 11.0 Å². The van der Waals surface area contributed by atoms with Crippen LogP contribution in [0.5, 0.6) is 0 Å². The second-order valence-electron chi connectivity index (χ2n) is 4.39. The Morgan fingerprint density at radius 2 is 2.09 bits per heavy atom. The monoisotopic (exact) mass is 296 g/mol. The third kappa shape index (κ3) is 3.34. The molecule has 1 aromatic carbocycles. The molecule has 8 nitrogen and oxygen atoms in total. The van der Waals surface area contributed by atoms with E-state index >= 15 is 0 Å². The number of nitrogens with one attached hydrogen (secondary N) is 2. The van der Waals surface area contributed by atoms with Gasteiger partial charge < -0.3 is 5.73 Å². The summed E-state index contributed by atoms with van der Waals surface area (Å²) in [6.07, 6.45) is 0. The van der Waals surface area contributed by atoms with E-state index in [2.05, 4.69) is 20.7 Å². The molecule has 0 aliphatic carbocycles. The van der Waals surface area contributed by atoms with Gasteiger partial charge in [-0.1, -0.05) is 12.1 Å². The van der Waals surface area contributed by atoms with E-state index in [0.29, 0.717) is 11.4 Å². The Bertz CT molecular complexity index is 830. The number of aryl methyl sites for hydroxylation is 1. The first kappa shape index (κ1) is 14.9. The molecule has 2 aromatic rings. The van der Waals surface area contributed by atoms with Crippen LogP contribution in [-0.4, -0.2) is 21.8 Å². The van der Waals surface area contributed by atoms with Gasteiger partial charge in [0.05, 0.1) is 11.4 Å². The molecule has 2 rings (SSSR count). The average Bonchev–Trinajstić information content (AvgIpc) is 2.48. The van der Waals surface area contributed by atoms with Gasteiger partial charge in [-0.05, 0) is 24.6 Å². The van der Waals surface area contributed by atoms with Gasteiger partial charge in [0.25, 0.3) is 11.5 Å². The van der Waals surface area contributed by atoms with Gasteiger partial charge >= 0.3 is 0 Å². The highest BCUT2D eigenvalue weighted by Crippen LogP contribution is 2.21. The number of aromatic nitrogens is 2. The number of H-pyrrole nitrogens is 1. The van der Waals surface area contributed by atoms with Crippen molar-refractivity contribution in [3.8, 4) is 17.3 Å². The van der Waals surface area contributed by atoms with Crippen LogP contribution in [0.1, 0.15) is 5.56 Å². The van der Waals surface area contributed by atoms with Crippen LogP contribution in [0.25, 0.3) is 11.3 Å². The van der Waals surface area contributed by atoms with Crippen molar-refractivity contribution in [1.29, 1.82) is 5.26 Å². The van der Waals surface area contributed by atoms with Gasteiger partial charge in [-0.15, -0.1) is 0 Å². The Balaban J connectivity index is 2.22. The third-order valence-electron chi connectivity index (χ3n) is 2.79.